The number of alkyl halides is 3. The first kappa shape index (κ1) is 29.7. The minimum atomic E-state index is -4.40. The Morgan fingerprint density at radius 2 is 1.34 bits per heavy atom. The highest BCUT2D eigenvalue weighted by Gasteiger charge is 2.48. The molecule has 0 N–H and O–H groups in total. The summed E-state index contributed by atoms with van der Waals surface area (Å²) in [4.78, 5) is 24.8. The molecule has 3 rings (SSSR count). The van der Waals surface area contributed by atoms with Crippen LogP contribution in [-0.2, 0) is 9.53 Å². The molecule has 0 spiro atoms. The average Bonchev–Trinajstić information content (AvgIpc) is 2.92. The van der Waals surface area contributed by atoms with Gasteiger partial charge in [0.05, 0.1) is 24.0 Å². The lowest BCUT2D eigenvalue weighted by Gasteiger charge is -2.31. The van der Waals surface area contributed by atoms with Crippen molar-refractivity contribution < 1.29 is 32.2 Å². The monoisotopic (exact) mass is 532 g/mol. The number of rotatable bonds is 13. The molecule has 1 aliphatic rings. The van der Waals surface area contributed by atoms with Crippen LogP contribution >= 0.6 is 0 Å². The number of unbranched alkanes of at least 4 members (excludes halogenated alkanes) is 7. The molecule has 1 saturated carbocycles. The molecule has 1 aliphatic carbocycles. The quantitative estimate of drug-likeness (QED) is 0.147. The van der Waals surface area contributed by atoms with Crippen LogP contribution in [0.5, 0.6) is 5.75 Å². The van der Waals surface area contributed by atoms with Gasteiger partial charge >= 0.3 is 18.1 Å². The summed E-state index contributed by atoms with van der Waals surface area (Å²) >= 11 is 0. The van der Waals surface area contributed by atoms with E-state index in [0.717, 1.165) is 24.0 Å². The van der Waals surface area contributed by atoms with Crippen LogP contribution in [0.15, 0.2) is 48.5 Å². The third-order valence-corrected chi connectivity index (χ3v) is 7.25. The fourth-order valence-corrected chi connectivity index (χ4v) is 4.99. The zero-order valence-corrected chi connectivity index (χ0v) is 22.2. The minimum Gasteiger partial charge on any atom is -0.462 e. The summed E-state index contributed by atoms with van der Waals surface area (Å²) in [5.74, 6) is -3.76. The smallest absolute Gasteiger partial charge is 0.392 e. The summed E-state index contributed by atoms with van der Waals surface area (Å²) < 4.78 is 50.7. The Hall–Kier alpha value is -2.83. The SMILES string of the molecule is CCCCCCCCCCOC(=O)c1ccc(-c2ccc(OC(=O)C3CCCCC3C(F)(F)F)cc2)cc1. The van der Waals surface area contributed by atoms with Crippen LogP contribution in [0.3, 0.4) is 0 Å². The van der Waals surface area contributed by atoms with Gasteiger partial charge in [-0.2, -0.15) is 13.2 Å². The van der Waals surface area contributed by atoms with E-state index in [1.165, 1.54) is 38.5 Å². The van der Waals surface area contributed by atoms with Crippen LogP contribution in [0.2, 0.25) is 0 Å². The topological polar surface area (TPSA) is 52.6 Å². The zero-order valence-electron chi connectivity index (χ0n) is 22.2. The molecule has 0 heterocycles. The highest BCUT2D eigenvalue weighted by molar-refractivity contribution is 5.90. The van der Waals surface area contributed by atoms with E-state index < -0.39 is 24.0 Å². The van der Waals surface area contributed by atoms with Crippen molar-refractivity contribution in [1.29, 1.82) is 0 Å². The van der Waals surface area contributed by atoms with E-state index in [-0.39, 0.29) is 24.6 Å². The Kier molecular flexibility index (Phi) is 11.7. The molecule has 0 bridgehead atoms. The predicted octanol–water partition coefficient (Wildman–Crippen LogP) is 8.93. The molecule has 1 fully saturated rings. The maximum atomic E-state index is 13.3. The lowest BCUT2D eigenvalue weighted by Crippen LogP contribution is -2.39. The van der Waals surface area contributed by atoms with Crippen LogP contribution in [-0.4, -0.2) is 24.7 Å². The van der Waals surface area contributed by atoms with E-state index in [0.29, 0.717) is 25.0 Å². The van der Waals surface area contributed by atoms with Gasteiger partial charge in [-0.15, -0.1) is 0 Å². The Morgan fingerprint density at radius 1 is 0.789 bits per heavy atom. The Morgan fingerprint density at radius 3 is 1.95 bits per heavy atom. The standard InChI is InChI=1S/C31H39F3O4/c1-2-3-4-5-6-7-8-11-22-37-29(35)25-16-14-23(15-17-25)24-18-20-26(21-19-24)38-30(36)27-12-9-10-13-28(27)31(32,33)34/h14-21,27-28H,2-13,22H2,1H3. The molecule has 7 heteroatoms. The normalized spacial score (nSPS) is 17.7. The van der Waals surface area contributed by atoms with E-state index >= 15 is 0 Å². The lowest BCUT2D eigenvalue weighted by atomic mass is 9.79. The van der Waals surface area contributed by atoms with Gasteiger partial charge in [0.15, 0.2) is 0 Å². The van der Waals surface area contributed by atoms with E-state index in [1.54, 1.807) is 36.4 Å². The highest BCUT2D eigenvalue weighted by atomic mass is 19.4. The van der Waals surface area contributed by atoms with Gasteiger partial charge in [-0.05, 0) is 54.7 Å². The van der Waals surface area contributed by atoms with E-state index in [2.05, 4.69) is 6.92 Å². The second-order valence-electron chi connectivity index (χ2n) is 10.2. The molecule has 4 nitrogen and oxygen atoms in total. The number of benzene rings is 2. The molecule has 2 aromatic carbocycles. The highest BCUT2D eigenvalue weighted by Crippen LogP contribution is 2.42. The van der Waals surface area contributed by atoms with Crippen LogP contribution in [0.4, 0.5) is 13.2 Å². The molecular weight excluding hydrogens is 493 g/mol. The van der Waals surface area contributed by atoms with Crippen LogP contribution in [0, 0.1) is 11.8 Å². The Labute approximate surface area is 223 Å². The maximum absolute atomic E-state index is 13.3. The molecule has 0 saturated heterocycles. The van der Waals surface area contributed by atoms with E-state index in [1.807, 2.05) is 12.1 Å². The molecule has 0 aliphatic heterocycles. The molecule has 0 amide bonds. The summed E-state index contributed by atoms with van der Waals surface area (Å²) in [6.07, 6.45) is 6.26. The van der Waals surface area contributed by atoms with Crippen LogP contribution in [0.25, 0.3) is 11.1 Å². The van der Waals surface area contributed by atoms with Crippen molar-refractivity contribution >= 4 is 11.9 Å². The van der Waals surface area contributed by atoms with Crippen molar-refractivity contribution in [2.45, 2.75) is 90.1 Å². The van der Waals surface area contributed by atoms with Crippen molar-refractivity contribution in [3.63, 3.8) is 0 Å². The summed E-state index contributed by atoms with van der Waals surface area (Å²) in [5, 5.41) is 0. The number of hydrogen-bond acceptors (Lipinski definition) is 4. The Balaban J connectivity index is 1.45. The van der Waals surface area contributed by atoms with Gasteiger partial charge in [0.25, 0.3) is 0 Å². The van der Waals surface area contributed by atoms with Crippen LogP contribution < -0.4 is 4.74 Å². The van der Waals surface area contributed by atoms with Gasteiger partial charge in [-0.3, -0.25) is 4.79 Å². The van der Waals surface area contributed by atoms with Crippen molar-refractivity contribution in [3.05, 3.63) is 54.1 Å². The predicted molar refractivity (Wildman–Crippen MR) is 142 cm³/mol. The third-order valence-electron chi connectivity index (χ3n) is 7.25. The van der Waals surface area contributed by atoms with Crippen molar-refractivity contribution in [3.8, 4) is 16.9 Å². The molecule has 38 heavy (non-hydrogen) atoms. The minimum absolute atomic E-state index is 0.0368. The number of ether oxygens (including phenoxy) is 2. The molecule has 2 atom stereocenters. The van der Waals surface area contributed by atoms with Crippen molar-refractivity contribution in [1.82, 2.24) is 0 Å². The van der Waals surface area contributed by atoms with Gasteiger partial charge in [0.2, 0.25) is 0 Å². The van der Waals surface area contributed by atoms with Gasteiger partial charge in [-0.25, -0.2) is 4.79 Å². The fourth-order valence-electron chi connectivity index (χ4n) is 4.99. The summed E-state index contributed by atoms with van der Waals surface area (Å²) in [5.41, 5.74) is 2.16. The maximum Gasteiger partial charge on any atom is 0.392 e. The number of carbonyl (C=O) groups is 2. The molecule has 0 radical (unpaired) electrons. The lowest BCUT2D eigenvalue weighted by molar-refractivity contribution is -0.202. The second kappa shape index (κ2) is 14.9. The number of esters is 2. The number of halogens is 3. The van der Waals surface area contributed by atoms with Crippen molar-refractivity contribution in [2.75, 3.05) is 6.61 Å². The molecule has 2 aromatic rings. The summed E-state index contributed by atoms with van der Waals surface area (Å²) in [7, 11) is 0. The number of hydrogen-bond donors (Lipinski definition) is 0. The molecular formula is C31H39F3O4. The molecule has 2 unspecified atom stereocenters. The first-order valence-corrected chi connectivity index (χ1v) is 14.0. The van der Waals surface area contributed by atoms with Gasteiger partial charge in [0, 0.05) is 0 Å². The third kappa shape index (κ3) is 9.17. The average molecular weight is 533 g/mol. The van der Waals surface area contributed by atoms with Gasteiger partial charge in [0.1, 0.15) is 5.75 Å². The largest absolute Gasteiger partial charge is 0.462 e. The van der Waals surface area contributed by atoms with E-state index in [4.69, 9.17) is 9.47 Å². The van der Waals surface area contributed by atoms with Gasteiger partial charge < -0.3 is 9.47 Å². The Bertz CT molecular complexity index is 999. The first-order chi connectivity index (χ1) is 18.3. The summed E-state index contributed by atoms with van der Waals surface area (Å²) in [6.45, 7) is 2.63. The molecule has 208 valence electrons. The van der Waals surface area contributed by atoms with Crippen LogP contribution in [0.1, 0.15) is 94.3 Å². The van der Waals surface area contributed by atoms with Gasteiger partial charge in [-0.1, -0.05) is 89.0 Å². The fraction of sp³-hybridized carbons (Fsp3) is 0.548. The molecule has 0 aromatic heterocycles. The number of carbonyl (C=O) groups excluding carboxylic acids is 2. The van der Waals surface area contributed by atoms with E-state index in [9.17, 15) is 22.8 Å². The first-order valence-electron chi connectivity index (χ1n) is 14.0. The van der Waals surface area contributed by atoms with Crippen molar-refractivity contribution in [2.24, 2.45) is 11.8 Å². The summed E-state index contributed by atoms with van der Waals surface area (Å²) in [6, 6.07) is 13.7. The second-order valence-corrected chi connectivity index (χ2v) is 10.2. The zero-order chi connectivity index (χ0) is 27.4.